The van der Waals surface area contributed by atoms with Crippen LogP contribution in [0.5, 0.6) is 0 Å². The number of rotatable bonds is 4. The first kappa shape index (κ1) is 20.4. The number of halogens is 1. The van der Waals surface area contributed by atoms with E-state index in [0.717, 1.165) is 59.6 Å². The van der Waals surface area contributed by atoms with Crippen molar-refractivity contribution in [3.8, 4) is 11.4 Å². The van der Waals surface area contributed by atoms with E-state index in [1.807, 2.05) is 30.2 Å². The maximum Gasteiger partial charge on any atom is 0.257 e. The topological polar surface area (TPSA) is 94.3 Å². The SMILES string of the molecule is Cc1c(-c2cc3ccc(Cl)nc3n2CC2CC2)nn2cc(C(=O)N3CC4CCC3[C@@H]4N)cnc12. The van der Waals surface area contributed by atoms with Gasteiger partial charge in [0.2, 0.25) is 0 Å². The molecular formula is C25H26ClN7O. The van der Waals surface area contributed by atoms with Crippen LogP contribution < -0.4 is 5.73 Å². The summed E-state index contributed by atoms with van der Waals surface area (Å²) in [5.74, 6) is 1.07. The number of nitrogens with two attached hydrogens (primary N) is 1. The van der Waals surface area contributed by atoms with Crippen molar-refractivity contribution in [2.45, 2.75) is 51.2 Å². The molecule has 2 unspecified atom stereocenters. The summed E-state index contributed by atoms with van der Waals surface area (Å²) < 4.78 is 3.98. The van der Waals surface area contributed by atoms with E-state index in [4.69, 9.17) is 22.4 Å². The second-order valence-corrected chi connectivity index (χ2v) is 10.5. The van der Waals surface area contributed by atoms with E-state index in [2.05, 4.69) is 20.6 Å². The molecule has 2 N–H and O–H groups in total. The number of amides is 1. The van der Waals surface area contributed by atoms with Crippen molar-refractivity contribution in [1.29, 1.82) is 0 Å². The molecule has 3 fully saturated rings. The quantitative estimate of drug-likeness (QED) is 0.454. The molecule has 1 amide bonds. The fourth-order valence-corrected chi connectivity index (χ4v) is 6.04. The summed E-state index contributed by atoms with van der Waals surface area (Å²) in [5.41, 5.74) is 11.3. The normalized spacial score (nSPS) is 24.1. The van der Waals surface area contributed by atoms with E-state index in [0.29, 0.717) is 22.6 Å². The largest absolute Gasteiger partial charge is 0.334 e. The number of aryl methyl sites for hydroxylation is 1. The van der Waals surface area contributed by atoms with Crippen LogP contribution in [0, 0.1) is 18.8 Å². The average Bonchev–Trinajstić information content (AvgIpc) is 3.26. The molecule has 1 saturated heterocycles. The van der Waals surface area contributed by atoms with Gasteiger partial charge in [-0.25, -0.2) is 14.5 Å². The summed E-state index contributed by atoms with van der Waals surface area (Å²) in [5, 5.41) is 6.43. The van der Waals surface area contributed by atoms with Crippen LogP contribution >= 0.6 is 11.6 Å². The molecule has 7 rings (SSSR count). The molecule has 34 heavy (non-hydrogen) atoms. The Morgan fingerprint density at radius 2 is 2.06 bits per heavy atom. The van der Waals surface area contributed by atoms with Crippen molar-refractivity contribution < 1.29 is 4.79 Å². The highest BCUT2D eigenvalue weighted by atomic mass is 35.5. The Bertz CT molecular complexity index is 1470. The highest BCUT2D eigenvalue weighted by Gasteiger charge is 2.47. The molecular weight excluding hydrogens is 450 g/mol. The van der Waals surface area contributed by atoms with Gasteiger partial charge in [-0.3, -0.25) is 4.79 Å². The first-order valence-electron chi connectivity index (χ1n) is 12.1. The molecule has 0 spiro atoms. The lowest BCUT2D eigenvalue weighted by molar-refractivity contribution is 0.0699. The molecule has 3 atom stereocenters. The van der Waals surface area contributed by atoms with E-state index >= 15 is 0 Å². The minimum absolute atomic E-state index is 0.00607. The van der Waals surface area contributed by atoms with E-state index < -0.39 is 0 Å². The number of pyridine rings is 1. The van der Waals surface area contributed by atoms with Crippen LogP contribution in [0.15, 0.2) is 30.6 Å². The van der Waals surface area contributed by atoms with E-state index in [-0.39, 0.29) is 18.0 Å². The van der Waals surface area contributed by atoms with Gasteiger partial charge < -0.3 is 15.2 Å². The summed E-state index contributed by atoms with van der Waals surface area (Å²) in [6, 6.07) is 6.19. The van der Waals surface area contributed by atoms with Crippen LogP contribution in [0.4, 0.5) is 0 Å². The van der Waals surface area contributed by atoms with Gasteiger partial charge in [0.05, 0.1) is 11.3 Å². The van der Waals surface area contributed by atoms with Crippen LogP contribution in [-0.4, -0.2) is 53.6 Å². The standard InChI is InChI=1S/C25H26ClN7O/c1-13-22(19-8-15-5-7-20(26)29-24(15)31(19)10-14-2-3-14)30-33-12-17(9-28-23(13)33)25(34)32-11-16-4-6-18(32)21(16)27/h5,7-9,12,14,16,18,21H,2-4,6,10-11,27H2,1H3/t16?,18?,21-/m1/s1. The van der Waals surface area contributed by atoms with Gasteiger partial charge in [-0.1, -0.05) is 11.6 Å². The molecule has 9 heteroatoms. The Balaban J connectivity index is 1.30. The van der Waals surface area contributed by atoms with Gasteiger partial charge in [0.15, 0.2) is 5.65 Å². The summed E-state index contributed by atoms with van der Waals surface area (Å²) in [6.07, 6.45) is 8.06. The number of carbonyl (C=O) groups is 1. The second-order valence-electron chi connectivity index (χ2n) is 10.2. The predicted molar refractivity (Wildman–Crippen MR) is 130 cm³/mol. The number of hydrogen-bond donors (Lipinski definition) is 1. The lowest BCUT2D eigenvalue weighted by Crippen LogP contribution is -2.41. The van der Waals surface area contributed by atoms with Crippen molar-refractivity contribution in [2.24, 2.45) is 17.6 Å². The van der Waals surface area contributed by atoms with Crippen molar-refractivity contribution in [3.05, 3.63) is 46.9 Å². The van der Waals surface area contributed by atoms with Crippen molar-refractivity contribution in [1.82, 2.24) is 29.0 Å². The Labute approximate surface area is 201 Å². The number of aromatic nitrogens is 5. The number of carbonyl (C=O) groups excluding carboxylic acids is 1. The number of nitrogens with zero attached hydrogens (tertiary/aromatic N) is 6. The van der Waals surface area contributed by atoms with Crippen molar-refractivity contribution >= 4 is 34.2 Å². The van der Waals surface area contributed by atoms with Gasteiger partial charge in [0.25, 0.3) is 5.91 Å². The first-order valence-corrected chi connectivity index (χ1v) is 12.4. The van der Waals surface area contributed by atoms with Gasteiger partial charge in [-0.05, 0) is 62.6 Å². The minimum atomic E-state index is -0.00607. The molecule has 5 heterocycles. The van der Waals surface area contributed by atoms with Gasteiger partial charge in [0.1, 0.15) is 16.5 Å². The molecule has 2 aliphatic carbocycles. The third-order valence-corrected chi connectivity index (χ3v) is 8.16. The Morgan fingerprint density at radius 3 is 2.79 bits per heavy atom. The molecule has 3 aliphatic rings. The monoisotopic (exact) mass is 475 g/mol. The maximum atomic E-state index is 13.3. The molecule has 2 bridgehead atoms. The van der Waals surface area contributed by atoms with Crippen molar-refractivity contribution in [3.63, 3.8) is 0 Å². The third kappa shape index (κ3) is 3.01. The number of fused-ring (bicyclic) bond motifs is 4. The van der Waals surface area contributed by atoms with Crippen LogP contribution in [0.2, 0.25) is 5.15 Å². The fraction of sp³-hybridized carbons (Fsp3) is 0.440. The maximum absolute atomic E-state index is 13.3. The highest BCUT2D eigenvalue weighted by molar-refractivity contribution is 6.29. The van der Waals surface area contributed by atoms with Crippen LogP contribution in [0.1, 0.15) is 41.6 Å². The zero-order valence-electron chi connectivity index (χ0n) is 19.0. The molecule has 174 valence electrons. The van der Waals surface area contributed by atoms with Crippen LogP contribution in [0.25, 0.3) is 28.1 Å². The van der Waals surface area contributed by atoms with E-state index in [1.54, 1.807) is 10.7 Å². The van der Waals surface area contributed by atoms with Gasteiger partial charge in [-0.2, -0.15) is 5.10 Å². The van der Waals surface area contributed by atoms with Gasteiger partial charge >= 0.3 is 0 Å². The van der Waals surface area contributed by atoms with Gasteiger partial charge in [-0.15, -0.1) is 0 Å². The summed E-state index contributed by atoms with van der Waals surface area (Å²) in [6.45, 7) is 3.67. The Hall–Kier alpha value is -2.97. The van der Waals surface area contributed by atoms with Crippen LogP contribution in [-0.2, 0) is 6.54 Å². The molecule has 0 radical (unpaired) electrons. The van der Waals surface area contributed by atoms with Crippen molar-refractivity contribution in [2.75, 3.05) is 6.54 Å². The van der Waals surface area contributed by atoms with Crippen LogP contribution in [0.3, 0.4) is 0 Å². The fourth-order valence-electron chi connectivity index (χ4n) is 5.90. The average molecular weight is 476 g/mol. The van der Waals surface area contributed by atoms with E-state index in [1.165, 1.54) is 12.8 Å². The molecule has 2 saturated carbocycles. The molecule has 4 aromatic heterocycles. The zero-order chi connectivity index (χ0) is 23.1. The molecule has 1 aliphatic heterocycles. The molecule has 0 aromatic carbocycles. The smallest absolute Gasteiger partial charge is 0.257 e. The summed E-state index contributed by atoms with van der Waals surface area (Å²) >= 11 is 6.23. The Kier molecular flexibility index (Phi) is 4.36. The lowest BCUT2D eigenvalue weighted by atomic mass is 10.1. The van der Waals surface area contributed by atoms with Gasteiger partial charge in [0, 0.05) is 48.5 Å². The lowest BCUT2D eigenvalue weighted by Gasteiger charge is -2.27. The van der Waals surface area contributed by atoms with E-state index in [9.17, 15) is 4.79 Å². The predicted octanol–water partition coefficient (Wildman–Crippen LogP) is 3.68. The minimum Gasteiger partial charge on any atom is -0.334 e. The summed E-state index contributed by atoms with van der Waals surface area (Å²) in [4.78, 5) is 24.5. The first-order chi connectivity index (χ1) is 16.5. The zero-order valence-corrected chi connectivity index (χ0v) is 19.7. The molecule has 8 nitrogen and oxygen atoms in total. The molecule has 4 aromatic rings. The number of hydrogen-bond acceptors (Lipinski definition) is 5. The number of piperidine rings is 1. The third-order valence-electron chi connectivity index (χ3n) is 7.95. The second kappa shape index (κ2) is 7.26. The Morgan fingerprint density at radius 1 is 1.21 bits per heavy atom. The highest BCUT2D eigenvalue weighted by Crippen LogP contribution is 2.38. The summed E-state index contributed by atoms with van der Waals surface area (Å²) in [7, 11) is 0. The number of likely N-dealkylation sites (tertiary alicyclic amines) is 1.